The molecule has 0 fully saturated rings. The molecule has 8 heteroatoms. The number of methoxy groups -OCH3 is 2. The second-order valence-corrected chi connectivity index (χ2v) is 6.79. The molecule has 2 amide bonds. The van der Waals surface area contributed by atoms with Gasteiger partial charge >= 0.3 is 0 Å². The van der Waals surface area contributed by atoms with E-state index in [9.17, 15) is 9.59 Å². The third-order valence-corrected chi connectivity index (χ3v) is 4.55. The van der Waals surface area contributed by atoms with Crippen molar-refractivity contribution in [2.75, 3.05) is 19.5 Å². The van der Waals surface area contributed by atoms with Crippen LogP contribution in [0, 0.1) is 0 Å². The van der Waals surface area contributed by atoms with Crippen LogP contribution < -0.4 is 20.2 Å². The maximum atomic E-state index is 12.4. The number of hydrazone groups is 1. The van der Waals surface area contributed by atoms with Gasteiger partial charge in [-0.15, -0.1) is 0 Å². The van der Waals surface area contributed by atoms with E-state index in [0.29, 0.717) is 38.9 Å². The largest absolute Gasteiger partial charge is 0.497 e. The predicted molar refractivity (Wildman–Crippen MR) is 120 cm³/mol. The number of carbonyl (C=O) groups is 2. The number of ether oxygens (including phenoxy) is 2. The normalized spacial score (nSPS) is 10.5. The van der Waals surface area contributed by atoms with Gasteiger partial charge in [0.25, 0.3) is 11.8 Å². The second-order valence-electron chi connectivity index (χ2n) is 6.35. The average molecular weight is 438 g/mol. The fourth-order valence-electron chi connectivity index (χ4n) is 2.69. The number of anilines is 1. The molecule has 0 aliphatic carbocycles. The quantitative estimate of drug-likeness (QED) is 0.424. The van der Waals surface area contributed by atoms with Crippen molar-refractivity contribution in [2.45, 2.75) is 0 Å². The van der Waals surface area contributed by atoms with Crippen LogP contribution in [-0.2, 0) is 0 Å². The summed E-state index contributed by atoms with van der Waals surface area (Å²) in [6.07, 6.45) is 1.47. The number of halogens is 1. The highest BCUT2D eigenvalue weighted by molar-refractivity contribution is 6.30. The van der Waals surface area contributed by atoms with Gasteiger partial charge in [-0.25, -0.2) is 5.43 Å². The minimum atomic E-state index is -0.425. The van der Waals surface area contributed by atoms with E-state index in [0.717, 1.165) is 0 Å². The summed E-state index contributed by atoms with van der Waals surface area (Å²) >= 11 is 5.84. The molecular weight excluding hydrogens is 418 g/mol. The summed E-state index contributed by atoms with van der Waals surface area (Å²) in [4.78, 5) is 24.8. The van der Waals surface area contributed by atoms with Crippen LogP contribution in [0.3, 0.4) is 0 Å². The van der Waals surface area contributed by atoms with Gasteiger partial charge in [0.05, 0.1) is 20.4 Å². The fraction of sp³-hybridized carbons (Fsp3) is 0.0870. The van der Waals surface area contributed by atoms with E-state index < -0.39 is 5.91 Å². The first-order chi connectivity index (χ1) is 15.0. The molecule has 0 aromatic heterocycles. The zero-order chi connectivity index (χ0) is 22.2. The van der Waals surface area contributed by atoms with Crippen molar-refractivity contribution in [1.82, 2.24) is 5.43 Å². The fourth-order valence-corrected chi connectivity index (χ4v) is 2.82. The third kappa shape index (κ3) is 5.83. The van der Waals surface area contributed by atoms with Crippen molar-refractivity contribution in [2.24, 2.45) is 5.10 Å². The monoisotopic (exact) mass is 437 g/mol. The molecule has 0 aliphatic heterocycles. The minimum absolute atomic E-state index is 0.307. The molecule has 0 spiro atoms. The Bertz CT molecular complexity index is 1110. The van der Waals surface area contributed by atoms with Gasteiger partial charge < -0.3 is 14.8 Å². The van der Waals surface area contributed by atoms with E-state index in [2.05, 4.69) is 15.8 Å². The number of amides is 2. The van der Waals surface area contributed by atoms with Crippen LogP contribution in [0.4, 0.5) is 5.69 Å². The van der Waals surface area contributed by atoms with Crippen LogP contribution >= 0.6 is 11.6 Å². The molecule has 0 atom stereocenters. The Hall–Kier alpha value is -3.84. The Morgan fingerprint density at radius 2 is 1.68 bits per heavy atom. The molecule has 0 bridgehead atoms. The Labute approximate surface area is 184 Å². The molecule has 0 heterocycles. The topological polar surface area (TPSA) is 89.0 Å². The Kier molecular flexibility index (Phi) is 7.24. The molecule has 3 rings (SSSR count). The molecule has 7 nitrogen and oxygen atoms in total. The number of nitrogens with zero attached hydrogens (tertiary/aromatic N) is 1. The highest BCUT2D eigenvalue weighted by Crippen LogP contribution is 2.23. The lowest BCUT2D eigenvalue weighted by atomic mass is 10.1. The zero-order valence-electron chi connectivity index (χ0n) is 16.9. The van der Waals surface area contributed by atoms with E-state index >= 15 is 0 Å². The minimum Gasteiger partial charge on any atom is -0.497 e. The van der Waals surface area contributed by atoms with E-state index in [4.69, 9.17) is 21.1 Å². The number of hydrogen-bond acceptors (Lipinski definition) is 5. The summed E-state index contributed by atoms with van der Waals surface area (Å²) in [5.41, 5.74) is 4.41. The molecule has 0 saturated heterocycles. The van der Waals surface area contributed by atoms with E-state index in [1.54, 1.807) is 73.8 Å². The van der Waals surface area contributed by atoms with Crippen LogP contribution in [-0.4, -0.2) is 32.2 Å². The smallest absolute Gasteiger partial charge is 0.271 e. The third-order valence-electron chi connectivity index (χ3n) is 4.30. The van der Waals surface area contributed by atoms with Crippen molar-refractivity contribution in [3.8, 4) is 11.5 Å². The van der Waals surface area contributed by atoms with Crippen molar-refractivity contribution in [1.29, 1.82) is 0 Å². The summed E-state index contributed by atoms with van der Waals surface area (Å²) in [6, 6.07) is 18.3. The van der Waals surface area contributed by atoms with E-state index in [1.807, 2.05) is 0 Å². The molecule has 0 radical (unpaired) electrons. The van der Waals surface area contributed by atoms with Gasteiger partial charge in [0.1, 0.15) is 11.5 Å². The van der Waals surface area contributed by atoms with Gasteiger partial charge in [0.15, 0.2) is 0 Å². The van der Waals surface area contributed by atoms with E-state index in [-0.39, 0.29) is 5.91 Å². The van der Waals surface area contributed by atoms with Gasteiger partial charge in [-0.2, -0.15) is 5.10 Å². The predicted octanol–water partition coefficient (Wildman–Crippen LogP) is 4.37. The second kappa shape index (κ2) is 10.3. The number of hydrogen-bond donors (Lipinski definition) is 2. The van der Waals surface area contributed by atoms with Crippen molar-refractivity contribution in [3.63, 3.8) is 0 Å². The SMILES string of the molecule is COc1ccc(/C=N/NC(=O)c2cccc(NC(=O)c3ccc(Cl)cc3)c2)c(OC)c1. The molecule has 0 saturated carbocycles. The number of nitrogens with one attached hydrogen (secondary N) is 2. The van der Waals surface area contributed by atoms with Gasteiger partial charge in [-0.1, -0.05) is 17.7 Å². The van der Waals surface area contributed by atoms with Crippen LogP contribution in [0.15, 0.2) is 71.8 Å². The van der Waals surface area contributed by atoms with E-state index in [1.165, 1.54) is 13.3 Å². The Balaban J connectivity index is 1.65. The van der Waals surface area contributed by atoms with Crippen molar-refractivity contribution < 1.29 is 19.1 Å². The first-order valence-corrected chi connectivity index (χ1v) is 9.60. The lowest BCUT2D eigenvalue weighted by molar-refractivity contribution is 0.0953. The first-order valence-electron chi connectivity index (χ1n) is 9.22. The first kappa shape index (κ1) is 21.9. The lowest BCUT2D eigenvalue weighted by Gasteiger charge is -2.08. The van der Waals surface area contributed by atoms with Crippen molar-refractivity contribution >= 4 is 35.3 Å². The Morgan fingerprint density at radius 1 is 0.903 bits per heavy atom. The number of rotatable bonds is 7. The summed E-state index contributed by atoms with van der Waals surface area (Å²) in [6.45, 7) is 0. The molecule has 31 heavy (non-hydrogen) atoms. The molecule has 3 aromatic carbocycles. The van der Waals surface area contributed by atoms with Crippen molar-refractivity contribution in [3.05, 3.63) is 88.4 Å². The van der Waals surface area contributed by atoms with Gasteiger partial charge in [-0.3, -0.25) is 9.59 Å². The van der Waals surface area contributed by atoms with Gasteiger partial charge in [0, 0.05) is 33.5 Å². The number of benzene rings is 3. The standard InChI is InChI=1S/C23H20ClN3O4/c1-30-20-11-8-17(21(13-20)31-2)14-25-27-23(29)16-4-3-5-19(12-16)26-22(28)15-6-9-18(24)10-7-15/h3-14H,1-2H3,(H,26,28)(H,27,29)/b25-14+. The van der Waals surface area contributed by atoms with Gasteiger partial charge in [0.2, 0.25) is 0 Å². The highest BCUT2D eigenvalue weighted by Gasteiger charge is 2.09. The number of carbonyl (C=O) groups excluding carboxylic acids is 2. The molecular formula is C23H20ClN3O4. The Morgan fingerprint density at radius 3 is 2.39 bits per heavy atom. The maximum Gasteiger partial charge on any atom is 0.271 e. The molecule has 158 valence electrons. The van der Waals surface area contributed by atoms with Gasteiger partial charge in [-0.05, 0) is 54.6 Å². The summed E-state index contributed by atoms with van der Waals surface area (Å²) < 4.78 is 10.4. The van der Waals surface area contributed by atoms with Crippen LogP contribution in [0.5, 0.6) is 11.5 Å². The summed E-state index contributed by atoms with van der Waals surface area (Å²) in [5.74, 6) is 0.477. The average Bonchev–Trinajstić information content (AvgIpc) is 2.79. The summed E-state index contributed by atoms with van der Waals surface area (Å²) in [7, 11) is 3.10. The summed E-state index contributed by atoms with van der Waals surface area (Å²) in [5, 5.41) is 7.28. The molecule has 0 aliphatic rings. The maximum absolute atomic E-state index is 12.4. The highest BCUT2D eigenvalue weighted by atomic mass is 35.5. The molecule has 0 unspecified atom stereocenters. The van der Waals surface area contributed by atoms with Crippen LogP contribution in [0.25, 0.3) is 0 Å². The zero-order valence-corrected chi connectivity index (χ0v) is 17.6. The molecule has 3 aromatic rings. The molecule has 2 N–H and O–H groups in total. The van der Waals surface area contributed by atoms with Crippen LogP contribution in [0.1, 0.15) is 26.3 Å². The lowest BCUT2D eigenvalue weighted by Crippen LogP contribution is -2.18. The van der Waals surface area contributed by atoms with Crippen LogP contribution in [0.2, 0.25) is 5.02 Å².